The van der Waals surface area contributed by atoms with Crippen LogP contribution in [0.25, 0.3) is 0 Å². The number of hydrogen-bond donors (Lipinski definition) is 1. The predicted molar refractivity (Wildman–Crippen MR) is 77.9 cm³/mol. The van der Waals surface area contributed by atoms with Crippen molar-refractivity contribution in [3.8, 4) is 0 Å². The molecule has 7 heteroatoms. The molecule has 0 spiro atoms. The molecular formula is C13H15BrFNO3S. The Bertz CT molecular complexity index is 618. The van der Waals surface area contributed by atoms with Crippen molar-refractivity contribution in [1.29, 1.82) is 0 Å². The topological polar surface area (TPSA) is 63.2 Å². The molecule has 110 valence electrons. The van der Waals surface area contributed by atoms with Crippen molar-refractivity contribution in [2.24, 2.45) is 0 Å². The summed E-state index contributed by atoms with van der Waals surface area (Å²) in [5, 5.41) is 3.01. The fraction of sp³-hybridized carbons (Fsp3) is 0.462. The van der Waals surface area contributed by atoms with Crippen molar-refractivity contribution in [3.05, 3.63) is 34.1 Å². The van der Waals surface area contributed by atoms with E-state index in [0.717, 1.165) is 0 Å². The molecule has 0 saturated carbocycles. The highest BCUT2D eigenvalue weighted by Crippen LogP contribution is 2.17. The summed E-state index contributed by atoms with van der Waals surface area (Å²) in [5.41, 5.74) is 0.330. The zero-order valence-electron chi connectivity index (χ0n) is 10.7. The number of sulfone groups is 1. The Hall–Kier alpha value is -0.790. The van der Waals surface area contributed by atoms with Gasteiger partial charge in [-0.1, -0.05) is 22.0 Å². The zero-order valence-corrected chi connectivity index (χ0v) is 13.1. The lowest BCUT2D eigenvalue weighted by Gasteiger charge is -2.23. The van der Waals surface area contributed by atoms with Crippen LogP contribution in [0.5, 0.6) is 0 Å². The summed E-state index contributed by atoms with van der Waals surface area (Å²) in [6.07, 6.45) is 0.0894. The van der Waals surface area contributed by atoms with E-state index >= 15 is 0 Å². The normalized spacial score (nSPS) is 21.6. The summed E-state index contributed by atoms with van der Waals surface area (Å²) >= 11 is 3.15. The molecule has 0 amide bonds. The Labute approximate surface area is 125 Å². The van der Waals surface area contributed by atoms with E-state index in [1.807, 2.05) is 0 Å². The molecule has 0 aliphatic carbocycles. The summed E-state index contributed by atoms with van der Waals surface area (Å²) in [6.45, 7) is 0.368. The van der Waals surface area contributed by atoms with Crippen molar-refractivity contribution in [1.82, 2.24) is 5.32 Å². The molecule has 20 heavy (non-hydrogen) atoms. The van der Waals surface area contributed by atoms with Crippen molar-refractivity contribution < 1.29 is 17.6 Å². The highest BCUT2D eigenvalue weighted by atomic mass is 79.9. The Morgan fingerprint density at radius 2 is 2.20 bits per heavy atom. The largest absolute Gasteiger partial charge is 0.312 e. The van der Waals surface area contributed by atoms with Crippen LogP contribution < -0.4 is 5.32 Å². The van der Waals surface area contributed by atoms with Crippen molar-refractivity contribution in [2.75, 3.05) is 18.1 Å². The van der Waals surface area contributed by atoms with Gasteiger partial charge in [-0.05, 0) is 17.7 Å². The molecule has 0 bridgehead atoms. The van der Waals surface area contributed by atoms with E-state index in [-0.39, 0.29) is 36.2 Å². The molecule has 1 aliphatic heterocycles. The number of benzene rings is 1. The Morgan fingerprint density at radius 1 is 1.45 bits per heavy atom. The van der Waals surface area contributed by atoms with E-state index in [4.69, 9.17) is 0 Å². The maximum absolute atomic E-state index is 13.6. The molecule has 1 N–H and O–H groups in total. The number of rotatable bonds is 4. The highest BCUT2D eigenvalue weighted by Gasteiger charge is 2.26. The maximum atomic E-state index is 13.6. The van der Waals surface area contributed by atoms with Crippen LogP contribution in [0.4, 0.5) is 4.39 Å². The lowest BCUT2D eigenvalue weighted by molar-refractivity contribution is -0.118. The molecule has 1 heterocycles. The number of carbonyl (C=O) groups is 1. The number of hydrogen-bond acceptors (Lipinski definition) is 4. The minimum Gasteiger partial charge on any atom is -0.312 e. The summed E-state index contributed by atoms with van der Waals surface area (Å²) in [6, 6.07) is 4.18. The molecule has 4 nitrogen and oxygen atoms in total. The van der Waals surface area contributed by atoms with Gasteiger partial charge in [0.1, 0.15) is 11.6 Å². The fourth-order valence-electron chi connectivity index (χ4n) is 2.22. The summed E-state index contributed by atoms with van der Waals surface area (Å²) < 4.78 is 37.2. The molecule has 0 aromatic heterocycles. The minimum atomic E-state index is -3.06. The molecule has 1 aromatic rings. The number of Topliss-reactive ketones (excluding diaryl/α,β-unsaturated/α-hetero) is 1. The van der Waals surface area contributed by atoms with Gasteiger partial charge in [0.25, 0.3) is 0 Å². The van der Waals surface area contributed by atoms with Crippen molar-refractivity contribution in [3.63, 3.8) is 0 Å². The van der Waals surface area contributed by atoms with Crippen LogP contribution in [0.2, 0.25) is 0 Å². The van der Waals surface area contributed by atoms with E-state index in [0.29, 0.717) is 16.6 Å². The summed E-state index contributed by atoms with van der Waals surface area (Å²) in [4.78, 5) is 11.9. The first-order chi connectivity index (χ1) is 9.35. The molecule has 1 saturated heterocycles. The van der Waals surface area contributed by atoms with E-state index in [1.54, 1.807) is 12.1 Å². The zero-order chi connectivity index (χ0) is 14.8. The van der Waals surface area contributed by atoms with Gasteiger partial charge in [0, 0.05) is 29.9 Å². The molecule has 1 aliphatic rings. The van der Waals surface area contributed by atoms with Crippen LogP contribution in [0.3, 0.4) is 0 Å². The van der Waals surface area contributed by atoms with Gasteiger partial charge >= 0.3 is 0 Å². The van der Waals surface area contributed by atoms with Crippen LogP contribution in [0, 0.1) is 5.82 Å². The van der Waals surface area contributed by atoms with Gasteiger partial charge < -0.3 is 5.32 Å². The van der Waals surface area contributed by atoms with Crippen LogP contribution in [-0.2, 0) is 21.1 Å². The third-order valence-electron chi connectivity index (χ3n) is 3.18. The molecule has 1 atom stereocenters. The standard InChI is InChI=1S/C13H15BrFNO3S/c14-10-2-1-9(13(15)6-10)5-12(17)7-11-8-20(18,19)4-3-16-11/h1-2,6,11,16H,3-5,7-8H2. The van der Waals surface area contributed by atoms with Crippen LogP contribution in [-0.4, -0.2) is 38.3 Å². The van der Waals surface area contributed by atoms with E-state index in [2.05, 4.69) is 21.2 Å². The van der Waals surface area contributed by atoms with Gasteiger partial charge in [0.15, 0.2) is 9.84 Å². The molecule has 1 fully saturated rings. The van der Waals surface area contributed by atoms with Crippen molar-refractivity contribution in [2.45, 2.75) is 18.9 Å². The average molecular weight is 364 g/mol. The van der Waals surface area contributed by atoms with E-state index in [9.17, 15) is 17.6 Å². The lowest BCUT2D eigenvalue weighted by Crippen LogP contribution is -2.46. The predicted octanol–water partition coefficient (Wildman–Crippen LogP) is 1.48. The van der Waals surface area contributed by atoms with Gasteiger partial charge in [-0.2, -0.15) is 0 Å². The van der Waals surface area contributed by atoms with E-state index in [1.165, 1.54) is 6.07 Å². The van der Waals surface area contributed by atoms with Gasteiger partial charge in [-0.25, -0.2) is 12.8 Å². The van der Waals surface area contributed by atoms with Gasteiger partial charge in [0.05, 0.1) is 11.5 Å². The monoisotopic (exact) mass is 363 g/mol. The first kappa shape index (κ1) is 15.6. The number of nitrogens with one attached hydrogen (secondary N) is 1. The second kappa shape index (κ2) is 6.32. The van der Waals surface area contributed by atoms with Gasteiger partial charge in [0.2, 0.25) is 0 Å². The first-order valence-electron chi connectivity index (χ1n) is 6.25. The highest BCUT2D eigenvalue weighted by molar-refractivity contribution is 9.10. The van der Waals surface area contributed by atoms with Gasteiger partial charge in [-0.3, -0.25) is 4.79 Å². The quantitative estimate of drug-likeness (QED) is 0.879. The van der Waals surface area contributed by atoms with E-state index < -0.39 is 15.7 Å². The lowest BCUT2D eigenvalue weighted by atomic mass is 10.0. The SMILES string of the molecule is O=C(Cc1ccc(Br)cc1F)CC1CS(=O)(=O)CCN1. The second-order valence-electron chi connectivity index (χ2n) is 4.92. The van der Waals surface area contributed by atoms with Crippen LogP contribution in [0.15, 0.2) is 22.7 Å². The Morgan fingerprint density at radius 3 is 2.85 bits per heavy atom. The smallest absolute Gasteiger partial charge is 0.153 e. The second-order valence-corrected chi connectivity index (χ2v) is 8.07. The molecule has 2 rings (SSSR count). The van der Waals surface area contributed by atoms with Gasteiger partial charge in [-0.15, -0.1) is 0 Å². The number of halogens is 2. The van der Waals surface area contributed by atoms with Crippen LogP contribution in [0.1, 0.15) is 12.0 Å². The number of carbonyl (C=O) groups excluding carboxylic acids is 1. The average Bonchev–Trinajstić information content (AvgIpc) is 2.31. The summed E-state index contributed by atoms with van der Waals surface area (Å²) in [5.74, 6) is -0.515. The van der Waals surface area contributed by atoms with Crippen molar-refractivity contribution >= 4 is 31.6 Å². The maximum Gasteiger partial charge on any atom is 0.153 e. The Balaban J connectivity index is 1.95. The first-order valence-corrected chi connectivity index (χ1v) is 8.86. The summed E-state index contributed by atoms with van der Waals surface area (Å²) in [7, 11) is -3.06. The molecule has 1 aromatic carbocycles. The third-order valence-corrected chi connectivity index (χ3v) is 5.41. The number of ketones is 1. The minimum absolute atomic E-state index is 0.0165. The molecule has 0 radical (unpaired) electrons. The molecular weight excluding hydrogens is 349 g/mol. The Kier molecular flexibility index (Phi) is 4.93. The fourth-order valence-corrected chi connectivity index (χ4v) is 4.00. The molecule has 1 unspecified atom stereocenters. The third kappa shape index (κ3) is 4.36. The van der Waals surface area contributed by atoms with Crippen LogP contribution >= 0.6 is 15.9 Å².